The number of carbonyl (C=O) groups excluding carboxylic acids is 1. The number of benzene rings is 1. The van der Waals surface area contributed by atoms with Crippen LogP contribution in [0.4, 0.5) is 0 Å². The van der Waals surface area contributed by atoms with Gasteiger partial charge in [0.2, 0.25) is 5.91 Å². The van der Waals surface area contributed by atoms with Gasteiger partial charge in [0.25, 0.3) is 0 Å². The second-order valence-electron chi connectivity index (χ2n) is 5.83. The van der Waals surface area contributed by atoms with E-state index < -0.39 is 0 Å². The van der Waals surface area contributed by atoms with E-state index in [-0.39, 0.29) is 11.9 Å². The summed E-state index contributed by atoms with van der Waals surface area (Å²) in [5.41, 5.74) is 2.08. The van der Waals surface area contributed by atoms with E-state index in [9.17, 15) is 4.79 Å². The third-order valence-corrected chi connectivity index (χ3v) is 5.32. The van der Waals surface area contributed by atoms with Crippen molar-refractivity contribution in [2.75, 3.05) is 27.8 Å². The SMILES string of the molecule is COc1ccc(OC)c([C@@H](C)NC(=O)CN(C)Cc2csc(Br)c2)c1. The predicted molar refractivity (Wildman–Crippen MR) is 104 cm³/mol. The fourth-order valence-electron chi connectivity index (χ4n) is 2.58. The third kappa shape index (κ3) is 5.73. The monoisotopic (exact) mass is 426 g/mol. The minimum atomic E-state index is -0.179. The number of nitrogens with zero attached hydrogens (tertiary/aromatic N) is 1. The standard InChI is InChI=1S/C18H23BrN2O3S/c1-12(15-8-14(23-3)5-6-16(15)24-4)20-18(22)10-21(2)9-13-7-17(19)25-11-13/h5-8,11-12H,9-10H2,1-4H3,(H,20,22)/t12-/m1/s1. The number of rotatable bonds is 8. The van der Waals surface area contributed by atoms with Crippen LogP contribution in [0.2, 0.25) is 0 Å². The molecule has 0 radical (unpaired) electrons. The molecule has 0 aliphatic carbocycles. The van der Waals surface area contributed by atoms with E-state index in [1.807, 2.05) is 37.1 Å². The summed E-state index contributed by atoms with van der Waals surface area (Å²) in [4.78, 5) is 14.3. The Kier molecular flexibility index (Phi) is 7.28. The Morgan fingerprint density at radius 3 is 2.68 bits per heavy atom. The first-order valence-corrected chi connectivity index (χ1v) is 9.53. The summed E-state index contributed by atoms with van der Waals surface area (Å²) in [6.45, 7) is 2.99. The molecule has 0 saturated heterocycles. The Labute approximate surface area is 161 Å². The van der Waals surface area contributed by atoms with Gasteiger partial charge in [-0.2, -0.15) is 0 Å². The zero-order chi connectivity index (χ0) is 18.4. The van der Waals surface area contributed by atoms with E-state index >= 15 is 0 Å². The third-order valence-electron chi connectivity index (χ3n) is 3.77. The maximum atomic E-state index is 12.4. The number of halogens is 1. The van der Waals surface area contributed by atoms with Crippen LogP contribution in [0, 0.1) is 0 Å². The van der Waals surface area contributed by atoms with Gasteiger partial charge in [-0.1, -0.05) is 0 Å². The number of hydrogen-bond donors (Lipinski definition) is 1. The van der Waals surface area contributed by atoms with Crippen LogP contribution in [0.3, 0.4) is 0 Å². The molecule has 5 nitrogen and oxygen atoms in total. The van der Waals surface area contributed by atoms with E-state index in [1.165, 1.54) is 5.56 Å². The van der Waals surface area contributed by atoms with Crippen molar-refractivity contribution in [3.05, 3.63) is 44.6 Å². The number of methoxy groups -OCH3 is 2. The number of likely N-dealkylation sites (N-methyl/N-ethyl adjacent to an activating group) is 1. The van der Waals surface area contributed by atoms with Gasteiger partial charge in [-0.15, -0.1) is 11.3 Å². The first kappa shape index (κ1) is 19.8. The van der Waals surface area contributed by atoms with Crippen molar-refractivity contribution in [1.29, 1.82) is 0 Å². The number of hydrogen-bond acceptors (Lipinski definition) is 5. The van der Waals surface area contributed by atoms with Gasteiger partial charge in [0, 0.05) is 12.1 Å². The highest BCUT2D eigenvalue weighted by molar-refractivity contribution is 9.11. The predicted octanol–water partition coefficient (Wildman–Crippen LogP) is 3.84. The molecule has 0 spiro atoms. The van der Waals surface area contributed by atoms with Crippen molar-refractivity contribution in [1.82, 2.24) is 10.2 Å². The van der Waals surface area contributed by atoms with Gasteiger partial charge in [0.15, 0.2) is 0 Å². The molecular weight excluding hydrogens is 404 g/mol. The van der Waals surface area contributed by atoms with Crippen LogP contribution in [0.15, 0.2) is 33.4 Å². The number of nitrogens with one attached hydrogen (secondary N) is 1. The number of thiophene rings is 1. The van der Waals surface area contributed by atoms with Gasteiger partial charge in [-0.3, -0.25) is 9.69 Å². The summed E-state index contributed by atoms with van der Waals surface area (Å²) in [5, 5.41) is 5.11. The first-order valence-electron chi connectivity index (χ1n) is 7.85. The molecule has 1 heterocycles. The van der Waals surface area contributed by atoms with Gasteiger partial charge in [-0.05, 0) is 65.1 Å². The van der Waals surface area contributed by atoms with E-state index in [0.29, 0.717) is 6.54 Å². The van der Waals surface area contributed by atoms with Crippen molar-refractivity contribution < 1.29 is 14.3 Å². The van der Waals surface area contributed by atoms with Gasteiger partial charge < -0.3 is 14.8 Å². The highest BCUT2D eigenvalue weighted by Crippen LogP contribution is 2.29. The highest BCUT2D eigenvalue weighted by Gasteiger charge is 2.16. The van der Waals surface area contributed by atoms with Crippen LogP contribution < -0.4 is 14.8 Å². The van der Waals surface area contributed by atoms with Crippen molar-refractivity contribution in [3.63, 3.8) is 0 Å². The van der Waals surface area contributed by atoms with Crippen molar-refractivity contribution in [3.8, 4) is 11.5 Å². The van der Waals surface area contributed by atoms with Crippen LogP contribution in [0.5, 0.6) is 11.5 Å². The zero-order valence-electron chi connectivity index (χ0n) is 14.8. The second-order valence-corrected chi connectivity index (χ2v) is 8.12. The van der Waals surface area contributed by atoms with Crippen molar-refractivity contribution >= 4 is 33.2 Å². The lowest BCUT2D eigenvalue weighted by Crippen LogP contribution is -2.36. The number of ether oxygens (including phenoxy) is 2. The van der Waals surface area contributed by atoms with Crippen molar-refractivity contribution in [2.45, 2.75) is 19.5 Å². The molecule has 0 aliphatic heterocycles. The minimum absolute atomic E-state index is 0.0332. The highest BCUT2D eigenvalue weighted by atomic mass is 79.9. The second kappa shape index (κ2) is 9.22. The Bertz CT molecular complexity index is 720. The fraction of sp³-hybridized carbons (Fsp3) is 0.389. The van der Waals surface area contributed by atoms with Crippen LogP contribution in [0.1, 0.15) is 24.1 Å². The summed E-state index contributed by atoms with van der Waals surface area (Å²) in [6.07, 6.45) is 0. The van der Waals surface area contributed by atoms with Crippen LogP contribution in [0.25, 0.3) is 0 Å². The van der Waals surface area contributed by atoms with E-state index in [0.717, 1.165) is 27.4 Å². The topological polar surface area (TPSA) is 50.8 Å². The molecule has 1 amide bonds. The molecule has 1 N–H and O–H groups in total. The van der Waals surface area contributed by atoms with Crippen LogP contribution in [-0.2, 0) is 11.3 Å². The zero-order valence-corrected chi connectivity index (χ0v) is 17.2. The lowest BCUT2D eigenvalue weighted by Gasteiger charge is -2.20. The maximum absolute atomic E-state index is 12.4. The molecule has 136 valence electrons. The molecule has 0 unspecified atom stereocenters. The van der Waals surface area contributed by atoms with Gasteiger partial charge >= 0.3 is 0 Å². The molecule has 0 aliphatic rings. The Balaban J connectivity index is 1.95. The minimum Gasteiger partial charge on any atom is -0.497 e. The first-order chi connectivity index (χ1) is 11.9. The Morgan fingerprint density at radius 1 is 1.32 bits per heavy atom. The van der Waals surface area contributed by atoms with Crippen molar-refractivity contribution in [2.24, 2.45) is 0 Å². The molecule has 1 aromatic carbocycles. The molecule has 25 heavy (non-hydrogen) atoms. The summed E-state index contributed by atoms with van der Waals surface area (Å²) in [5.74, 6) is 1.43. The maximum Gasteiger partial charge on any atom is 0.234 e. The smallest absolute Gasteiger partial charge is 0.234 e. The average molecular weight is 427 g/mol. The molecule has 1 aromatic heterocycles. The normalized spacial score (nSPS) is 12.1. The van der Waals surface area contributed by atoms with Gasteiger partial charge in [-0.25, -0.2) is 0 Å². The molecule has 0 fully saturated rings. The summed E-state index contributed by atoms with van der Waals surface area (Å²) < 4.78 is 11.7. The van der Waals surface area contributed by atoms with E-state index in [4.69, 9.17) is 9.47 Å². The molecule has 2 rings (SSSR count). The fourth-order valence-corrected chi connectivity index (χ4v) is 3.78. The molecule has 0 bridgehead atoms. The van der Waals surface area contributed by atoms with Gasteiger partial charge in [0.05, 0.1) is 30.6 Å². The molecular formula is C18H23BrN2O3S. The van der Waals surface area contributed by atoms with Crippen LogP contribution >= 0.6 is 27.3 Å². The Morgan fingerprint density at radius 2 is 2.08 bits per heavy atom. The number of carbonyl (C=O) groups is 1. The lowest BCUT2D eigenvalue weighted by molar-refractivity contribution is -0.122. The summed E-state index contributed by atoms with van der Waals surface area (Å²) in [7, 11) is 5.17. The molecule has 7 heteroatoms. The van der Waals surface area contributed by atoms with Gasteiger partial charge in [0.1, 0.15) is 11.5 Å². The molecule has 2 aromatic rings. The molecule has 0 saturated carbocycles. The largest absolute Gasteiger partial charge is 0.497 e. The summed E-state index contributed by atoms with van der Waals surface area (Å²) in [6, 6.07) is 7.46. The lowest BCUT2D eigenvalue weighted by atomic mass is 10.1. The van der Waals surface area contributed by atoms with E-state index in [1.54, 1.807) is 25.6 Å². The summed E-state index contributed by atoms with van der Waals surface area (Å²) >= 11 is 5.10. The molecule has 1 atom stereocenters. The Hall–Kier alpha value is -1.57. The quantitative estimate of drug-likeness (QED) is 0.696. The van der Waals surface area contributed by atoms with E-state index in [2.05, 4.69) is 32.7 Å². The number of amides is 1. The average Bonchev–Trinajstić information content (AvgIpc) is 2.98. The van der Waals surface area contributed by atoms with Crippen LogP contribution in [-0.4, -0.2) is 38.6 Å².